The lowest BCUT2D eigenvalue weighted by atomic mass is 10.2. The zero-order chi connectivity index (χ0) is 14.7. The molecule has 21 heavy (non-hydrogen) atoms. The average Bonchev–Trinajstić information content (AvgIpc) is 3.26. The molecule has 1 aromatic heterocycles. The summed E-state index contributed by atoms with van der Waals surface area (Å²) >= 11 is 0. The van der Waals surface area contributed by atoms with Crippen molar-refractivity contribution < 1.29 is 4.79 Å². The van der Waals surface area contributed by atoms with E-state index < -0.39 is 0 Å². The maximum absolute atomic E-state index is 12.2. The number of nitrogens with one attached hydrogen (secondary N) is 1. The summed E-state index contributed by atoms with van der Waals surface area (Å²) < 4.78 is 0. The third-order valence-electron chi connectivity index (χ3n) is 3.95. The van der Waals surface area contributed by atoms with Gasteiger partial charge in [0.2, 0.25) is 0 Å². The molecule has 3 N–H and O–H groups in total. The minimum Gasteiger partial charge on any atom is -0.347 e. The first kappa shape index (κ1) is 14.1. The van der Waals surface area contributed by atoms with Gasteiger partial charge in [-0.2, -0.15) is 0 Å². The Labute approximate surface area is 124 Å². The lowest BCUT2D eigenvalue weighted by molar-refractivity contribution is 0.0932. The van der Waals surface area contributed by atoms with Gasteiger partial charge < -0.3 is 11.1 Å². The molecule has 2 fully saturated rings. The quantitative estimate of drug-likeness (QED) is 0.786. The standard InChI is InChI=1S/C16H20N4O/c17-8-1-2-12-3-6-15(18-10-12)16(21)19-13-7-9-20(11-13)14-4-5-14/h3,6,10,13-14H,4-5,7-9,11,17H2,(H,19,21). The maximum atomic E-state index is 12.2. The number of carbonyl (C=O) groups excluding carboxylic acids is 1. The lowest BCUT2D eigenvalue weighted by Gasteiger charge is -2.15. The van der Waals surface area contributed by atoms with Gasteiger partial charge in [-0.3, -0.25) is 9.69 Å². The molecule has 1 aliphatic heterocycles. The topological polar surface area (TPSA) is 71.2 Å². The van der Waals surface area contributed by atoms with Crippen LogP contribution in [0.15, 0.2) is 18.3 Å². The molecule has 2 aliphatic rings. The van der Waals surface area contributed by atoms with E-state index in [0.29, 0.717) is 12.2 Å². The van der Waals surface area contributed by atoms with Crippen molar-refractivity contribution in [3.8, 4) is 11.8 Å². The molecule has 5 heteroatoms. The van der Waals surface area contributed by atoms with Crippen LogP contribution < -0.4 is 11.1 Å². The van der Waals surface area contributed by atoms with Crippen molar-refractivity contribution in [3.63, 3.8) is 0 Å². The van der Waals surface area contributed by atoms with Crippen molar-refractivity contribution in [2.75, 3.05) is 19.6 Å². The number of carbonyl (C=O) groups is 1. The van der Waals surface area contributed by atoms with Crippen molar-refractivity contribution in [2.45, 2.75) is 31.3 Å². The van der Waals surface area contributed by atoms with Gasteiger partial charge in [0.05, 0.1) is 6.54 Å². The molecule has 1 atom stereocenters. The molecule has 1 saturated carbocycles. The Balaban J connectivity index is 1.55. The Hall–Kier alpha value is -1.90. The molecule has 0 spiro atoms. The van der Waals surface area contributed by atoms with Crippen LogP contribution in [0.25, 0.3) is 0 Å². The van der Waals surface area contributed by atoms with E-state index in [2.05, 4.69) is 27.0 Å². The van der Waals surface area contributed by atoms with E-state index in [9.17, 15) is 4.79 Å². The maximum Gasteiger partial charge on any atom is 0.270 e. The second kappa shape index (κ2) is 6.25. The molecule has 1 saturated heterocycles. The van der Waals surface area contributed by atoms with Crippen LogP contribution in [0, 0.1) is 11.8 Å². The second-order valence-corrected chi connectivity index (χ2v) is 5.62. The summed E-state index contributed by atoms with van der Waals surface area (Å²) in [5, 5.41) is 3.07. The molecule has 110 valence electrons. The Kier molecular flexibility index (Phi) is 4.18. The van der Waals surface area contributed by atoms with Crippen molar-refractivity contribution in [2.24, 2.45) is 5.73 Å². The Morgan fingerprint density at radius 1 is 1.43 bits per heavy atom. The summed E-state index contributed by atoms with van der Waals surface area (Å²) in [4.78, 5) is 18.8. The second-order valence-electron chi connectivity index (χ2n) is 5.62. The summed E-state index contributed by atoms with van der Waals surface area (Å²) in [6, 6.07) is 4.53. The number of nitrogens with zero attached hydrogens (tertiary/aromatic N) is 2. The summed E-state index contributed by atoms with van der Waals surface area (Å²) in [5.74, 6) is 5.56. The van der Waals surface area contributed by atoms with E-state index in [1.807, 2.05) is 0 Å². The highest BCUT2D eigenvalue weighted by atomic mass is 16.1. The molecule has 1 aromatic rings. The molecule has 5 nitrogen and oxygen atoms in total. The number of hydrogen-bond acceptors (Lipinski definition) is 4. The minimum atomic E-state index is -0.101. The Morgan fingerprint density at radius 2 is 2.29 bits per heavy atom. The Bertz CT molecular complexity index is 568. The first-order chi connectivity index (χ1) is 10.3. The highest BCUT2D eigenvalue weighted by Gasteiger charge is 2.34. The van der Waals surface area contributed by atoms with Crippen LogP contribution in [0.3, 0.4) is 0 Å². The fraction of sp³-hybridized carbons (Fsp3) is 0.500. The van der Waals surface area contributed by atoms with Gasteiger partial charge >= 0.3 is 0 Å². The third kappa shape index (κ3) is 3.60. The van der Waals surface area contributed by atoms with Crippen LogP contribution in [0.2, 0.25) is 0 Å². The normalized spacial score (nSPS) is 21.7. The lowest BCUT2D eigenvalue weighted by Crippen LogP contribution is -2.37. The number of hydrogen-bond donors (Lipinski definition) is 2. The fourth-order valence-corrected chi connectivity index (χ4v) is 2.69. The molecule has 0 aromatic carbocycles. The van der Waals surface area contributed by atoms with E-state index in [-0.39, 0.29) is 11.9 Å². The molecule has 0 bridgehead atoms. The summed E-state index contributed by atoms with van der Waals surface area (Å²) in [6.45, 7) is 2.38. The average molecular weight is 284 g/mol. The number of rotatable bonds is 3. The van der Waals surface area contributed by atoms with Crippen molar-refractivity contribution in [1.82, 2.24) is 15.2 Å². The predicted octanol–water partition coefficient (Wildman–Crippen LogP) is 0.358. The molecule has 1 amide bonds. The number of nitrogens with two attached hydrogens (primary N) is 1. The van der Waals surface area contributed by atoms with Gasteiger partial charge in [0.15, 0.2) is 0 Å². The zero-order valence-electron chi connectivity index (χ0n) is 12.0. The van der Waals surface area contributed by atoms with E-state index in [4.69, 9.17) is 5.73 Å². The van der Waals surface area contributed by atoms with E-state index >= 15 is 0 Å². The molecule has 1 aliphatic carbocycles. The van der Waals surface area contributed by atoms with E-state index in [1.54, 1.807) is 18.3 Å². The smallest absolute Gasteiger partial charge is 0.270 e. The van der Waals surface area contributed by atoms with Crippen LogP contribution in [-0.4, -0.2) is 47.5 Å². The van der Waals surface area contributed by atoms with Gasteiger partial charge in [-0.1, -0.05) is 11.8 Å². The van der Waals surface area contributed by atoms with E-state index in [0.717, 1.165) is 31.1 Å². The van der Waals surface area contributed by atoms with Crippen LogP contribution in [0.1, 0.15) is 35.3 Å². The highest BCUT2D eigenvalue weighted by molar-refractivity contribution is 5.92. The van der Waals surface area contributed by atoms with Crippen molar-refractivity contribution in [3.05, 3.63) is 29.6 Å². The van der Waals surface area contributed by atoms with Gasteiger partial charge in [-0.05, 0) is 31.4 Å². The monoisotopic (exact) mass is 284 g/mol. The summed E-state index contributed by atoms with van der Waals surface area (Å²) in [7, 11) is 0. The van der Waals surface area contributed by atoms with Crippen molar-refractivity contribution >= 4 is 5.91 Å². The Morgan fingerprint density at radius 3 is 2.95 bits per heavy atom. The van der Waals surface area contributed by atoms with Crippen LogP contribution in [-0.2, 0) is 0 Å². The first-order valence-electron chi connectivity index (χ1n) is 7.46. The van der Waals surface area contributed by atoms with Crippen LogP contribution in [0.5, 0.6) is 0 Å². The fourth-order valence-electron chi connectivity index (χ4n) is 2.69. The molecule has 3 rings (SSSR count). The molecular weight excluding hydrogens is 264 g/mol. The van der Waals surface area contributed by atoms with Crippen LogP contribution in [0.4, 0.5) is 0 Å². The van der Waals surface area contributed by atoms with Gasteiger partial charge in [-0.15, -0.1) is 0 Å². The number of likely N-dealkylation sites (tertiary alicyclic amines) is 1. The molecular formula is C16H20N4O. The van der Waals surface area contributed by atoms with Gasteiger partial charge in [0.1, 0.15) is 5.69 Å². The minimum absolute atomic E-state index is 0.101. The summed E-state index contributed by atoms with van der Waals surface area (Å²) in [5.41, 5.74) is 6.54. The van der Waals surface area contributed by atoms with Gasteiger partial charge in [0, 0.05) is 36.9 Å². The van der Waals surface area contributed by atoms with Crippen LogP contribution >= 0.6 is 0 Å². The largest absolute Gasteiger partial charge is 0.347 e. The molecule has 1 unspecified atom stereocenters. The van der Waals surface area contributed by atoms with Gasteiger partial charge in [0.25, 0.3) is 5.91 Å². The highest BCUT2D eigenvalue weighted by Crippen LogP contribution is 2.29. The zero-order valence-corrected chi connectivity index (χ0v) is 12.0. The predicted molar refractivity (Wildman–Crippen MR) is 80.6 cm³/mol. The number of pyridine rings is 1. The molecule has 2 heterocycles. The van der Waals surface area contributed by atoms with Gasteiger partial charge in [-0.25, -0.2) is 4.98 Å². The van der Waals surface area contributed by atoms with Crippen molar-refractivity contribution in [1.29, 1.82) is 0 Å². The first-order valence-corrected chi connectivity index (χ1v) is 7.46. The summed E-state index contributed by atoms with van der Waals surface area (Å²) in [6.07, 6.45) is 5.27. The number of aromatic nitrogens is 1. The number of amides is 1. The third-order valence-corrected chi connectivity index (χ3v) is 3.95. The SMILES string of the molecule is NCC#Cc1ccc(C(=O)NC2CCN(C3CC3)C2)nc1. The molecule has 0 radical (unpaired) electrons. The van der Waals surface area contributed by atoms with E-state index in [1.165, 1.54) is 12.8 Å².